The highest BCUT2D eigenvalue weighted by Gasteiger charge is 2.24. The average Bonchev–Trinajstić information content (AvgIpc) is 2.74. The number of aryl methyl sites for hydroxylation is 1. The van der Waals surface area contributed by atoms with E-state index in [4.69, 9.17) is 0 Å². The fraction of sp³-hybridized carbons (Fsp3) is 0.250. The second-order valence-electron chi connectivity index (χ2n) is 4.18. The monoisotopic (exact) mass is 438 g/mol. The van der Waals surface area contributed by atoms with E-state index in [-0.39, 0.29) is 4.90 Å². The van der Waals surface area contributed by atoms with E-state index in [0.29, 0.717) is 11.0 Å². The first-order chi connectivity index (χ1) is 9.30. The van der Waals surface area contributed by atoms with E-state index >= 15 is 0 Å². The quantitative estimate of drug-likeness (QED) is 0.727. The molecule has 0 aliphatic heterocycles. The van der Waals surface area contributed by atoms with E-state index in [1.807, 2.05) is 6.92 Å². The first-order valence-electron chi connectivity index (χ1n) is 5.63. The summed E-state index contributed by atoms with van der Waals surface area (Å²) in [7, 11) is -1.96. The van der Waals surface area contributed by atoms with Crippen LogP contribution in [0.4, 0.5) is 0 Å². The van der Waals surface area contributed by atoms with Gasteiger partial charge in [0.1, 0.15) is 0 Å². The van der Waals surface area contributed by atoms with Gasteiger partial charge in [0, 0.05) is 33.6 Å². The molecule has 0 fully saturated rings. The second-order valence-corrected chi connectivity index (χ2v) is 9.28. The molecule has 1 aromatic heterocycles. The molecule has 0 atom stereocenters. The smallest absolute Gasteiger partial charge is 0.244 e. The number of nitrogens with zero attached hydrogens (tertiary/aromatic N) is 2. The molecule has 1 heterocycles. The third kappa shape index (κ3) is 3.48. The van der Waals surface area contributed by atoms with Gasteiger partial charge in [-0.05, 0) is 41.1 Å². The maximum absolute atomic E-state index is 12.5. The van der Waals surface area contributed by atoms with Crippen LogP contribution in [0, 0.1) is 6.92 Å². The Hall–Kier alpha value is -0.280. The highest BCUT2D eigenvalue weighted by molar-refractivity contribution is 9.11. The molecule has 0 aliphatic carbocycles. The molecule has 0 N–H and O–H groups in total. The van der Waals surface area contributed by atoms with Crippen LogP contribution in [0.25, 0.3) is 0 Å². The van der Waals surface area contributed by atoms with E-state index in [1.54, 1.807) is 31.4 Å². The maximum Gasteiger partial charge on any atom is 0.244 e. The summed E-state index contributed by atoms with van der Waals surface area (Å²) in [5, 5.41) is 0.927. The van der Waals surface area contributed by atoms with Crippen molar-refractivity contribution in [3.05, 3.63) is 43.2 Å². The van der Waals surface area contributed by atoms with Crippen molar-refractivity contribution in [3.63, 3.8) is 0 Å². The van der Waals surface area contributed by atoms with Crippen LogP contribution in [-0.2, 0) is 16.6 Å². The third-order valence-corrected chi connectivity index (χ3v) is 6.80. The van der Waals surface area contributed by atoms with Gasteiger partial charge >= 0.3 is 0 Å². The molecule has 0 spiro atoms. The highest BCUT2D eigenvalue weighted by Crippen LogP contribution is 2.28. The molecule has 0 bridgehead atoms. The van der Waals surface area contributed by atoms with E-state index in [2.05, 4.69) is 36.8 Å². The summed E-state index contributed by atoms with van der Waals surface area (Å²) in [6.45, 7) is 2.21. The lowest BCUT2D eigenvalue weighted by Crippen LogP contribution is -2.26. The van der Waals surface area contributed by atoms with Crippen LogP contribution < -0.4 is 0 Å². The SMILES string of the molecule is Cc1ncc(CN(C)S(=O)(=O)c2ccc(Br)cc2Br)s1. The number of halogens is 2. The van der Waals surface area contributed by atoms with Crippen LogP contribution in [0.2, 0.25) is 0 Å². The first kappa shape index (κ1) is 16.1. The Morgan fingerprint density at radius 3 is 2.60 bits per heavy atom. The van der Waals surface area contributed by atoms with Crippen molar-refractivity contribution in [2.24, 2.45) is 0 Å². The molecular formula is C12H12Br2N2O2S2. The normalized spacial score (nSPS) is 12.1. The molecule has 0 saturated heterocycles. The van der Waals surface area contributed by atoms with Gasteiger partial charge < -0.3 is 0 Å². The topological polar surface area (TPSA) is 50.3 Å². The van der Waals surface area contributed by atoms with Crippen LogP contribution in [0.3, 0.4) is 0 Å². The fourth-order valence-corrected chi connectivity index (χ4v) is 5.42. The van der Waals surface area contributed by atoms with E-state index in [0.717, 1.165) is 14.4 Å². The van der Waals surface area contributed by atoms with E-state index in [1.165, 1.54) is 15.6 Å². The van der Waals surface area contributed by atoms with Gasteiger partial charge in [-0.1, -0.05) is 15.9 Å². The van der Waals surface area contributed by atoms with Gasteiger partial charge in [0.25, 0.3) is 0 Å². The Kier molecular flexibility index (Phi) is 5.01. The number of aromatic nitrogens is 1. The molecule has 0 aliphatic rings. The van der Waals surface area contributed by atoms with Crippen molar-refractivity contribution in [2.75, 3.05) is 7.05 Å². The van der Waals surface area contributed by atoms with Crippen molar-refractivity contribution in [1.29, 1.82) is 0 Å². The number of benzene rings is 1. The van der Waals surface area contributed by atoms with Crippen LogP contribution in [0.1, 0.15) is 9.88 Å². The summed E-state index contributed by atoms with van der Waals surface area (Å²) in [6.07, 6.45) is 1.71. The molecule has 20 heavy (non-hydrogen) atoms. The number of sulfonamides is 1. The predicted molar refractivity (Wildman–Crippen MR) is 87.3 cm³/mol. The maximum atomic E-state index is 12.5. The summed E-state index contributed by atoms with van der Waals surface area (Å²) >= 11 is 8.10. The lowest BCUT2D eigenvalue weighted by atomic mass is 10.4. The van der Waals surface area contributed by atoms with Gasteiger partial charge in [0.15, 0.2) is 0 Å². The van der Waals surface area contributed by atoms with Crippen LogP contribution in [0.5, 0.6) is 0 Å². The van der Waals surface area contributed by atoms with Crippen LogP contribution in [0.15, 0.2) is 38.2 Å². The zero-order valence-electron chi connectivity index (χ0n) is 10.8. The van der Waals surface area contributed by atoms with Gasteiger partial charge in [-0.2, -0.15) is 4.31 Å². The summed E-state index contributed by atoms with van der Waals surface area (Å²) in [5.41, 5.74) is 0. The molecule has 0 saturated carbocycles. The van der Waals surface area contributed by atoms with Crippen LogP contribution in [-0.4, -0.2) is 24.8 Å². The minimum absolute atomic E-state index is 0.254. The zero-order chi connectivity index (χ0) is 14.9. The van der Waals surface area contributed by atoms with Gasteiger partial charge in [-0.15, -0.1) is 11.3 Å². The summed E-state index contributed by atoms with van der Waals surface area (Å²) < 4.78 is 27.8. The Morgan fingerprint density at radius 2 is 2.05 bits per heavy atom. The largest absolute Gasteiger partial charge is 0.250 e. The van der Waals surface area contributed by atoms with Crippen molar-refractivity contribution < 1.29 is 8.42 Å². The standard InChI is InChI=1S/C12H12Br2N2O2S2/c1-8-15-6-10(19-8)7-16(2)20(17,18)12-4-3-9(13)5-11(12)14/h3-6H,7H2,1-2H3. The van der Waals surface area contributed by atoms with Gasteiger partial charge in [-0.25, -0.2) is 13.4 Å². The lowest BCUT2D eigenvalue weighted by molar-refractivity contribution is 0.469. The molecule has 108 valence electrons. The molecule has 1 aromatic carbocycles. The van der Waals surface area contributed by atoms with Gasteiger partial charge in [0.2, 0.25) is 10.0 Å². The number of hydrogen-bond acceptors (Lipinski definition) is 4. The zero-order valence-corrected chi connectivity index (χ0v) is 15.6. The molecule has 2 aromatic rings. The van der Waals surface area contributed by atoms with Gasteiger partial charge in [-0.3, -0.25) is 0 Å². The molecule has 0 amide bonds. The molecule has 0 radical (unpaired) electrons. The molecule has 8 heteroatoms. The van der Waals surface area contributed by atoms with E-state index < -0.39 is 10.0 Å². The van der Waals surface area contributed by atoms with Crippen molar-refractivity contribution in [3.8, 4) is 0 Å². The highest BCUT2D eigenvalue weighted by atomic mass is 79.9. The Morgan fingerprint density at radius 1 is 1.35 bits per heavy atom. The van der Waals surface area contributed by atoms with Gasteiger partial charge in [0.05, 0.1) is 9.90 Å². The average molecular weight is 440 g/mol. The van der Waals surface area contributed by atoms with E-state index in [9.17, 15) is 8.42 Å². The Bertz CT molecular complexity index is 729. The van der Waals surface area contributed by atoms with Crippen molar-refractivity contribution >= 4 is 53.2 Å². The molecular weight excluding hydrogens is 428 g/mol. The lowest BCUT2D eigenvalue weighted by Gasteiger charge is -2.17. The third-order valence-electron chi connectivity index (χ3n) is 2.63. The number of hydrogen-bond donors (Lipinski definition) is 0. The second kappa shape index (κ2) is 6.23. The van der Waals surface area contributed by atoms with Crippen molar-refractivity contribution in [2.45, 2.75) is 18.4 Å². The summed E-state index contributed by atoms with van der Waals surface area (Å²) in [5.74, 6) is 0. The number of rotatable bonds is 4. The molecule has 2 rings (SSSR count). The summed E-state index contributed by atoms with van der Waals surface area (Å²) in [4.78, 5) is 5.31. The summed E-state index contributed by atoms with van der Waals surface area (Å²) in [6, 6.07) is 5.01. The number of thiazole rings is 1. The van der Waals surface area contributed by atoms with Crippen molar-refractivity contribution in [1.82, 2.24) is 9.29 Å². The molecule has 0 unspecified atom stereocenters. The first-order valence-corrected chi connectivity index (χ1v) is 9.47. The Balaban J connectivity index is 2.29. The Labute approximate surface area is 139 Å². The molecule has 4 nitrogen and oxygen atoms in total. The minimum Gasteiger partial charge on any atom is -0.250 e. The fourth-order valence-electron chi connectivity index (χ4n) is 1.64. The predicted octanol–water partition coefficient (Wildman–Crippen LogP) is 3.80. The van der Waals surface area contributed by atoms with Crippen LogP contribution >= 0.6 is 43.2 Å². The minimum atomic E-state index is -3.53.